The maximum atomic E-state index is 11.9. The van der Waals surface area contributed by atoms with Crippen LogP contribution in [0.1, 0.15) is 22.0 Å². The molecule has 2 rings (SSSR count). The Morgan fingerprint density at radius 2 is 1.95 bits per heavy atom. The summed E-state index contributed by atoms with van der Waals surface area (Å²) in [7, 11) is 1.57. The van der Waals surface area contributed by atoms with Gasteiger partial charge in [-0.15, -0.1) is 0 Å². The molecule has 0 fully saturated rings. The average Bonchev–Trinajstić information content (AvgIpc) is 2.53. The predicted molar refractivity (Wildman–Crippen MR) is 84.1 cm³/mol. The largest absolute Gasteiger partial charge is 0.399 e. The molecule has 1 unspecified atom stereocenters. The number of benzene rings is 2. The Kier molecular flexibility index (Phi) is 4.79. The lowest BCUT2D eigenvalue weighted by Gasteiger charge is -2.20. The molecule has 0 bridgehead atoms. The maximum Gasteiger partial charge on any atom is 0.253 e. The van der Waals surface area contributed by atoms with Gasteiger partial charge in [-0.25, -0.2) is 0 Å². The van der Waals surface area contributed by atoms with Gasteiger partial charge in [0.05, 0.1) is 18.2 Å². The summed E-state index contributed by atoms with van der Waals surface area (Å²) in [6, 6.07) is 14.3. The van der Waals surface area contributed by atoms with Gasteiger partial charge in [-0.1, -0.05) is 30.3 Å². The number of hydrogen-bond acceptors (Lipinski definition) is 4. The first kappa shape index (κ1) is 14.9. The van der Waals surface area contributed by atoms with Gasteiger partial charge in [0, 0.05) is 18.4 Å². The molecule has 0 saturated heterocycles. The Bertz CT molecular complexity index is 614. The van der Waals surface area contributed by atoms with Gasteiger partial charge in [0.25, 0.3) is 5.91 Å². The van der Waals surface area contributed by atoms with Crippen molar-refractivity contribution >= 4 is 17.3 Å². The van der Waals surface area contributed by atoms with E-state index in [1.54, 1.807) is 25.2 Å². The highest BCUT2D eigenvalue weighted by Gasteiger charge is 2.15. The van der Waals surface area contributed by atoms with Crippen LogP contribution in [-0.2, 0) is 0 Å². The van der Waals surface area contributed by atoms with Crippen molar-refractivity contribution in [3.8, 4) is 0 Å². The fourth-order valence-electron chi connectivity index (χ4n) is 2.12. The van der Waals surface area contributed by atoms with Crippen molar-refractivity contribution < 1.29 is 9.90 Å². The Morgan fingerprint density at radius 1 is 1.24 bits per heavy atom. The van der Waals surface area contributed by atoms with Crippen LogP contribution in [0, 0.1) is 0 Å². The number of amides is 1. The molecule has 0 aliphatic heterocycles. The number of anilines is 2. The number of hydrogen-bond donors (Lipinski definition) is 4. The number of nitrogens with one attached hydrogen (secondary N) is 2. The van der Waals surface area contributed by atoms with Crippen molar-refractivity contribution in [3.05, 3.63) is 59.7 Å². The third-order valence-corrected chi connectivity index (χ3v) is 3.23. The van der Waals surface area contributed by atoms with Crippen LogP contribution >= 0.6 is 0 Å². The second-order valence-electron chi connectivity index (χ2n) is 4.67. The molecular weight excluding hydrogens is 266 g/mol. The summed E-state index contributed by atoms with van der Waals surface area (Å²) in [6.07, 6.45) is 0. The van der Waals surface area contributed by atoms with E-state index in [1.165, 1.54) is 0 Å². The van der Waals surface area contributed by atoms with Crippen LogP contribution in [0.5, 0.6) is 0 Å². The molecule has 2 aromatic rings. The quantitative estimate of drug-likeness (QED) is 0.631. The van der Waals surface area contributed by atoms with Gasteiger partial charge in [0.2, 0.25) is 0 Å². The Labute approximate surface area is 123 Å². The summed E-state index contributed by atoms with van der Waals surface area (Å²) in [5, 5.41) is 15.4. The highest BCUT2D eigenvalue weighted by atomic mass is 16.3. The predicted octanol–water partition coefficient (Wildman–Crippen LogP) is 1.77. The first-order valence-corrected chi connectivity index (χ1v) is 6.69. The fourth-order valence-corrected chi connectivity index (χ4v) is 2.12. The van der Waals surface area contributed by atoms with Crippen LogP contribution in [0.3, 0.4) is 0 Å². The second kappa shape index (κ2) is 6.76. The molecule has 2 aromatic carbocycles. The molecule has 0 aromatic heterocycles. The van der Waals surface area contributed by atoms with Crippen molar-refractivity contribution in [2.75, 3.05) is 24.7 Å². The lowest BCUT2D eigenvalue weighted by atomic mass is 10.1. The fraction of sp³-hybridized carbons (Fsp3) is 0.188. The Morgan fingerprint density at radius 3 is 2.57 bits per heavy atom. The third-order valence-electron chi connectivity index (χ3n) is 3.23. The number of rotatable bonds is 5. The van der Waals surface area contributed by atoms with Gasteiger partial charge in [0.15, 0.2) is 0 Å². The van der Waals surface area contributed by atoms with E-state index >= 15 is 0 Å². The highest BCUT2D eigenvalue weighted by Crippen LogP contribution is 2.24. The van der Waals surface area contributed by atoms with Gasteiger partial charge in [-0.3, -0.25) is 4.79 Å². The highest BCUT2D eigenvalue weighted by molar-refractivity contribution is 6.00. The summed E-state index contributed by atoms with van der Waals surface area (Å²) in [4.78, 5) is 11.9. The minimum Gasteiger partial charge on any atom is -0.399 e. The third kappa shape index (κ3) is 3.52. The zero-order valence-corrected chi connectivity index (χ0v) is 11.8. The molecule has 0 saturated carbocycles. The minimum atomic E-state index is -0.309. The molecule has 5 heteroatoms. The molecule has 1 amide bonds. The minimum absolute atomic E-state index is 0.0913. The van der Waals surface area contributed by atoms with E-state index in [0.717, 1.165) is 5.56 Å². The lowest BCUT2D eigenvalue weighted by Crippen LogP contribution is -2.22. The molecule has 1 atom stereocenters. The van der Waals surface area contributed by atoms with Gasteiger partial charge in [-0.05, 0) is 23.8 Å². The van der Waals surface area contributed by atoms with E-state index < -0.39 is 0 Å². The first-order valence-electron chi connectivity index (χ1n) is 6.69. The molecule has 0 spiro atoms. The summed E-state index contributed by atoms with van der Waals surface area (Å²) < 4.78 is 0. The van der Waals surface area contributed by atoms with E-state index in [0.29, 0.717) is 16.9 Å². The topological polar surface area (TPSA) is 87.4 Å². The molecular formula is C16H19N3O2. The van der Waals surface area contributed by atoms with Crippen LogP contribution < -0.4 is 16.4 Å². The number of carbonyl (C=O) groups is 1. The Hall–Kier alpha value is -2.53. The van der Waals surface area contributed by atoms with E-state index in [-0.39, 0.29) is 18.6 Å². The van der Waals surface area contributed by atoms with Crippen molar-refractivity contribution in [1.29, 1.82) is 0 Å². The van der Waals surface area contributed by atoms with Crippen molar-refractivity contribution in [3.63, 3.8) is 0 Å². The van der Waals surface area contributed by atoms with Gasteiger partial charge >= 0.3 is 0 Å². The van der Waals surface area contributed by atoms with Crippen LogP contribution in [0.25, 0.3) is 0 Å². The van der Waals surface area contributed by atoms with Crippen LogP contribution in [-0.4, -0.2) is 24.7 Å². The average molecular weight is 285 g/mol. The number of aliphatic hydroxyl groups excluding tert-OH is 1. The normalized spacial score (nSPS) is 11.7. The monoisotopic (exact) mass is 285 g/mol. The number of aliphatic hydroxyl groups is 1. The first-order chi connectivity index (χ1) is 10.2. The molecule has 110 valence electrons. The van der Waals surface area contributed by atoms with Crippen LogP contribution in [0.2, 0.25) is 0 Å². The van der Waals surface area contributed by atoms with Crippen molar-refractivity contribution in [2.24, 2.45) is 0 Å². The second-order valence-corrected chi connectivity index (χ2v) is 4.67. The summed E-state index contributed by atoms with van der Waals surface area (Å²) >= 11 is 0. The number of nitrogens with two attached hydrogens (primary N) is 1. The molecule has 5 nitrogen and oxygen atoms in total. The van der Waals surface area contributed by atoms with Crippen LogP contribution in [0.15, 0.2) is 48.5 Å². The SMILES string of the molecule is CNC(=O)c1ccc(N)cc1NC(CO)c1ccccc1. The molecule has 21 heavy (non-hydrogen) atoms. The Balaban J connectivity index is 2.33. The summed E-state index contributed by atoms with van der Waals surface area (Å²) in [5.74, 6) is -0.206. The van der Waals surface area contributed by atoms with Gasteiger partial charge in [0.1, 0.15) is 0 Å². The van der Waals surface area contributed by atoms with Gasteiger partial charge < -0.3 is 21.5 Å². The molecule has 0 aliphatic rings. The summed E-state index contributed by atoms with van der Waals surface area (Å²) in [5.41, 5.74) is 8.36. The van der Waals surface area contributed by atoms with Crippen molar-refractivity contribution in [1.82, 2.24) is 5.32 Å². The van der Waals surface area contributed by atoms with Gasteiger partial charge in [-0.2, -0.15) is 0 Å². The summed E-state index contributed by atoms with van der Waals surface area (Å²) in [6.45, 7) is -0.0913. The molecule has 0 radical (unpaired) electrons. The van der Waals surface area contributed by atoms with E-state index in [4.69, 9.17) is 5.73 Å². The maximum absolute atomic E-state index is 11.9. The van der Waals surface area contributed by atoms with E-state index in [1.807, 2.05) is 30.3 Å². The lowest BCUT2D eigenvalue weighted by molar-refractivity contribution is 0.0963. The van der Waals surface area contributed by atoms with Crippen molar-refractivity contribution in [2.45, 2.75) is 6.04 Å². The van der Waals surface area contributed by atoms with E-state index in [9.17, 15) is 9.90 Å². The molecule has 0 aliphatic carbocycles. The number of nitrogen functional groups attached to an aromatic ring is 1. The van der Waals surface area contributed by atoms with E-state index in [2.05, 4.69) is 10.6 Å². The standard InChI is InChI=1S/C16H19N3O2/c1-18-16(21)13-8-7-12(17)9-14(13)19-15(10-20)11-5-3-2-4-6-11/h2-9,15,19-20H,10,17H2,1H3,(H,18,21). The number of carbonyl (C=O) groups excluding carboxylic acids is 1. The smallest absolute Gasteiger partial charge is 0.253 e. The van der Waals surface area contributed by atoms with Crippen LogP contribution in [0.4, 0.5) is 11.4 Å². The zero-order valence-electron chi connectivity index (χ0n) is 11.8. The molecule has 5 N–H and O–H groups in total. The molecule has 0 heterocycles. The zero-order chi connectivity index (χ0) is 15.2.